The van der Waals surface area contributed by atoms with E-state index in [0.29, 0.717) is 16.9 Å². The summed E-state index contributed by atoms with van der Waals surface area (Å²) in [6, 6.07) is 17.4. The summed E-state index contributed by atoms with van der Waals surface area (Å²) >= 11 is 0. The molecule has 0 radical (unpaired) electrons. The molecule has 0 fully saturated rings. The third-order valence-corrected chi connectivity index (χ3v) is 6.64. The van der Waals surface area contributed by atoms with Crippen LogP contribution >= 0.6 is 0 Å². The van der Waals surface area contributed by atoms with E-state index in [1.807, 2.05) is 24.3 Å². The maximum atomic E-state index is 12.9. The molecule has 0 spiro atoms. The molecule has 0 amide bonds. The summed E-state index contributed by atoms with van der Waals surface area (Å²) in [7, 11) is -3.25. The Labute approximate surface area is 171 Å². The first-order chi connectivity index (χ1) is 14.2. The fraction of sp³-hybridized carbons (Fsp3) is 0.136. The largest absolute Gasteiger partial charge is 0.416 e. The predicted molar refractivity (Wildman–Crippen MR) is 110 cm³/mol. The van der Waals surface area contributed by atoms with Gasteiger partial charge < -0.3 is 4.98 Å². The van der Waals surface area contributed by atoms with Crippen LogP contribution in [-0.2, 0) is 16.0 Å². The quantitative estimate of drug-likeness (QED) is 0.451. The highest BCUT2D eigenvalue weighted by molar-refractivity contribution is 7.91. The Morgan fingerprint density at radius 2 is 1.43 bits per heavy atom. The number of H-pyrrole nitrogens is 1. The number of alkyl halides is 3. The molecule has 0 saturated carbocycles. The van der Waals surface area contributed by atoms with E-state index < -0.39 is 21.6 Å². The lowest BCUT2D eigenvalue weighted by atomic mass is 10.0. The van der Waals surface area contributed by atoms with Gasteiger partial charge in [-0.1, -0.05) is 43.3 Å². The number of fused-ring (bicyclic) bond motifs is 1. The molecule has 0 aliphatic heterocycles. The van der Waals surface area contributed by atoms with E-state index >= 15 is 0 Å². The summed E-state index contributed by atoms with van der Waals surface area (Å²) < 4.78 is 62.5. The third-order valence-electron chi connectivity index (χ3n) is 4.89. The van der Waals surface area contributed by atoms with Crippen molar-refractivity contribution in [1.29, 1.82) is 0 Å². The van der Waals surface area contributed by atoms with Gasteiger partial charge in [-0.2, -0.15) is 13.2 Å². The Morgan fingerprint density at radius 1 is 0.867 bits per heavy atom. The van der Waals surface area contributed by atoms with Gasteiger partial charge in [0.1, 0.15) is 5.82 Å². The fourth-order valence-corrected chi connectivity index (χ4v) is 4.05. The Morgan fingerprint density at radius 3 is 2.00 bits per heavy atom. The van der Waals surface area contributed by atoms with Crippen LogP contribution in [0.15, 0.2) is 71.6 Å². The van der Waals surface area contributed by atoms with Crippen LogP contribution in [0.4, 0.5) is 13.2 Å². The average Bonchev–Trinajstić information content (AvgIpc) is 3.17. The summed E-state index contributed by atoms with van der Waals surface area (Å²) in [5.74, 6) is 0.517. The molecular weight excluding hydrogens is 413 g/mol. The van der Waals surface area contributed by atoms with E-state index in [1.54, 1.807) is 31.2 Å². The van der Waals surface area contributed by atoms with Gasteiger partial charge in [0.2, 0.25) is 0 Å². The minimum absolute atomic E-state index is 0.0447. The number of hydrogen-bond donors (Lipinski definition) is 1. The summed E-state index contributed by atoms with van der Waals surface area (Å²) in [6.45, 7) is 1.60. The smallest absolute Gasteiger partial charge is 0.338 e. The van der Waals surface area contributed by atoms with Gasteiger partial charge in [0, 0.05) is 5.56 Å². The molecule has 8 heteroatoms. The highest BCUT2D eigenvalue weighted by Crippen LogP contribution is 2.32. The lowest BCUT2D eigenvalue weighted by molar-refractivity contribution is -0.137. The molecule has 0 atom stereocenters. The maximum absolute atomic E-state index is 12.9. The highest BCUT2D eigenvalue weighted by Gasteiger charge is 2.30. The topological polar surface area (TPSA) is 62.8 Å². The fourth-order valence-electron chi connectivity index (χ4n) is 3.16. The van der Waals surface area contributed by atoms with Gasteiger partial charge in [-0.15, -0.1) is 0 Å². The average molecular weight is 430 g/mol. The number of sulfone groups is 1. The second kappa shape index (κ2) is 7.28. The van der Waals surface area contributed by atoms with E-state index in [2.05, 4.69) is 9.97 Å². The van der Waals surface area contributed by atoms with Crippen molar-refractivity contribution in [2.45, 2.75) is 18.0 Å². The summed E-state index contributed by atoms with van der Waals surface area (Å²) in [6.07, 6.45) is -4.41. The van der Waals surface area contributed by atoms with E-state index in [9.17, 15) is 21.6 Å². The second-order valence-corrected chi connectivity index (χ2v) is 9.10. The molecular formula is C22H17F3N2O2S. The SMILES string of the molecule is CCS(=O)(=O)c1ccc(-c2ccc(-c3nc4ccc(C(F)(F)F)cc4[nH]3)cc2)cc1. The first-order valence-corrected chi connectivity index (χ1v) is 10.8. The van der Waals surface area contributed by atoms with Crippen LogP contribution in [0.5, 0.6) is 0 Å². The molecule has 1 aromatic heterocycles. The van der Waals surface area contributed by atoms with Crippen molar-refractivity contribution in [1.82, 2.24) is 9.97 Å². The van der Waals surface area contributed by atoms with Crippen LogP contribution in [0.25, 0.3) is 33.5 Å². The molecule has 1 heterocycles. The van der Waals surface area contributed by atoms with Gasteiger partial charge in [0.15, 0.2) is 9.84 Å². The number of imidazole rings is 1. The molecule has 4 rings (SSSR count). The van der Waals surface area contributed by atoms with Crippen molar-refractivity contribution < 1.29 is 21.6 Å². The third kappa shape index (κ3) is 3.82. The molecule has 4 nitrogen and oxygen atoms in total. The molecule has 0 saturated heterocycles. The number of rotatable bonds is 4. The summed E-state index contributed by atoms with van der Waals surface area (Å²) in [5, 5.41) is 0. The van der Waals surface area contributed by atoms with Crippen LogP contribution < -0.4 is 0 Å². The predicted octanol–water partition coefficient (Wildman–Crippen LogP) is 5.71. The highest BCUT2D eigenvalue weighted by atomic mass is 32.2. The Balaban J connectivity index is 1.62. The number of hydrogen-bond acceptors (Lipinski definition) is 3. The maximum Gasteiger partial charge on any atom is 0.416 e. The molecule has 0 aliphatic carbocycles. The van der Waals surface area contributed by atoms with E-state index in [1.165, 1.54) is 6.07 Å². The first-order valence-electron chi connectivity index (χ1n) is 9.18. The van der Waals surface area contributed by atoms with Crippen LogP contribution in [0.2, 0.25) is 0 Å². The molecule has 1 N–H and O–H groups in total. The first kappa shape index (κ1) is 20.2. The number of halogens is 3. The number of aromatic amines is 1. The van der Waals surface area contributed by atoms with Crippen LogP contribution in [0, 0.1) is 0 Å². The number of nitrogens with one attached hydrogen (secondary N) is 1. The van der Waals surface area contributed by atoms with Gasteiger partial charge in [-0.05, 0) is 41.5 Å². The zero-order valence-corrected chi connectivity index (χ0v) is 16.7. The van der Waals surface area contributed by atoms with Crippen molar-refractivity contribution in [3.8, 4) is 22.5 Å². The molecule has 4 aromatic rings. The van der Waals surface area contributed by atoms with E-state index in [0.717, 1.165) is 28.8 Å². The van der Waals surface area contributed by atoms with Crippen molar-refractivity contribution in [3.63, 3.8) is 0 Å². The van der Waals surface area contributed by atoms with Crippen LogP contribution in [-0.4, -0.2) is 24.1 Å². The van der Waals surface area contributed by atoms with Crippen LogP contribution in [0.3, 0.4) is 0 Å². The van der Waals surface area contributed by atoms with Gasteiger partial charge in [-0.3, -0.25) is 0 Å². The van der Waals surface area contributed by atoms with Crippen molar-refractivity contribution in [2.75, 3.05) is 5.75 Å². The summed E-state index contributed by atoms with van der Waals surface area (Å²) in [5.41, 5.74) is 2.51. The standard InChI is InChI=1S/C22H17F3N2O2S/c1-2-30(28,29)18-10-7-15(8-11-18)14-3-5-16(6-4-14)21-26-19-12-9-17(22(23,24)25)13-20(19)27-21/h3-13H,2H2,1H3,(H,26,27). The molecule has 0 aliphatic rings. The van der Waals surface area contributed by atoms with Gasteiger partial charge in [0.25, 0.3) is 0 Å². The van der Waals surface area contributed by atoms with Crippen molar-refractivity contribution in [3.05, 3.63) is 72.3 Å². The Hall–Kier alpha value is -3.13. The molecule has 154 valence electrons. The van der Waals surface area contributed by atoms with Gasteiger partial charge >= 0.3 is 6.18 Å². The van der Waals surface area contributed by atoms with Crippen LogP contribution in [0.1, 0.15) is 12.5 Å². The normalized spacial score (nSPS) is 12.4. The number of nitrogens with zero attached hydrogens (tertiary/aromatic N) is 1. The second-order valence-electron chi connectivity index (χ2n) is 6.82. The van der Waals surface area contributed by atoms with Crippen molar-refractivity contribution >= 4 is 20.9 Å². The van der Waals surface area contributed by atoms with Gasteiger partial charge in [0.05, 0.1) is 27.2 Å². The van der Waals surface area contributed by atoms with Crippen molar-refractivity contribution in [2.24, 2.45) is 0 Å². The molecule has 0 unspecified atom stereocenters. The minimum atomic E-state index is -4.41. The monoisotopic (exact) mass is 430 g/mol. The number of aromatic nitrogens is 2. The zero-order valence-electron chi connectivity index (χ0n) is 15.9. The Kier molecular flexibility index (Phi) is 4.89. The molecule has 30 heavy (non-hydrogen) atoms. The zero-order chi connectivity index (χ0) is 21.5. The van der Waals surface area contributed by atoms with E-state index in [4.69, 9.17) is 0 Å². The lowest BCUT2D eigenvalue weighted by Crippen LogP contribution is -2.04. The number of benzene rings is 3. The Bertz CT molecular complexity index is 1310. The minimum Gasteiger partial charge on any atom is -0.338 e. The molecule has 0 bridgehead atoms. The summed E-state index contributed by atoms with van der Waals surface area (Å²) in [4.78, 5) is 7.59. The molecule has 3 aromatic carbocycles. The van der Waals surface area contributed by atoms with E-state index in [-0.39, 0.29) is 10.6 Å². The lowest BCUT2D eigenvalue weighted by Gasteiger charge is -2.05. The van der Waals surface area contributed by atoms with Gasteiger partial charge in [-0.25, -0.2) is 13.4 Å².